The van der Waals surface area contributed by atoms with E-state index in [2.05, 4.69) is 15.5 Å². The smallest absolute Gasteiger partial charge is 0.336 e. The Kier molecular flexibility index (Phi) is 5.77. The molecular weight excluding hydrogens is 468 g/mol. The van der Waals surface area contributed by atoms with Gasteiger partial charge in [-0.05, 0) is 53.1 Å². The maximum Gasteiger partial charge on any atom is 0.336 e. The van der Waals surface area contributed by atoms with E-state index in [9.17, 15) is 14.7 Å². The van der Waals surface area contributed by atoms with Gasteiger partial charge < -0.3 is 9.52 Å². The van der Waals surface area contributed by atoms with E-state index in [-0.39, 0.29) is 11.3 Å². The first-order chi connectivity index (χ1) is 16.9. The molecule has 3 heterocycles. The summed E-state index contributed by atoms with van der Waals surface area (Å²) in [4.78, 5) is 25.5. The first-order valence-electron chi connectivity index (χ1n) is 10.9. The molecule has 11 heteroatoms. The number of hydrogen-bond acceptors (Lipinski definition) is 8. The number of rotatable bonds is 6. The van der Waals surface area contributed by atoms with Gasteiger partial charge >= 0.3 is 5.63 Å². The van der Waals surface area contributed by atoms with Gasteiger partial charge in [-0.2, -0.15) is 4.68 Å². The summed E-state index contributed by atoms with van der Waals surface area (Å²) in [6.45, 7) is 3.77. The molecule has 0 spiro atoms. The number of fused-ring (bicyclic) bond motifs is 1. The molecule has 2 aromatic carbocycles. The zero-order valence-electron chi connectivity index (χ0n) is 19.3. The lowest BCUT2D eigenvalue weighted by Crippen LogP contribution is -2.22. The molecule has 0 radical (unpaired) electrons. The van der Waals surface area contributed by atoms with Crippen LogP contribution in [-0.2, 0) is 19.2 Å². The molecule has 0 amide bonds. The van der Waals surface area contributed by atoms with Crippen LogP contribution in [0.5, 0.6) is 5.75 Å². The van der Waals surface area contributed by atoms with Crippen molar-refractivity contribution in [1.29, 1.82) is 0 Å². The second-order valence-electron chi connectivity index (χ2n) is 7.99. The summed E-state index contributed by atoms with van der Waals surface area (Å²) in [5.74, 6) is 0.445. The Balaban J connectivity index is 1.54. The number of nitrogens with zero attached hydrogens (tertiary/aromatic N) is 6. The summed E-state index contributed by atoms with van der Waals surface area (Å²) >= 11 is 1.30. The molecule has 0 aliphatic carbocycles. The highest BCUT2D eigenvalue weighted by molar-refractivity contribution is 7.98. The average Bonchev–Trinajstić information content (AvgIpc) is 3.38. The molecule has 5 rings (SSSR count). The summed E-state index contributed by atoms with van der Waals surface area (Å²) in [5, 5.41) is 23.3. The van der Waals surface area contributed by atoms with E-state index >= 15 is 0 Å². The minimum Gasteiger partial charge on any atom is -0.508 e. The van der Waals surface area contributed by atoms with E-state index in [4.69, 9.17) is 4.42 Å². The number of thioether (sulfide) groups is 1. The Morgan fingerprint density at radius 1 is 1.09 bits per heavy atom. The molecule has 0 fully saturated rings. The van der Waals surface area contributed by atoms with Crippen molar-refractivity contribution in [3.05, 3.63) is 86.1 Å². The first kappa shape index (κ1) is 22.7. The van der Waals surface area contributed by atoms with Crippen LogP contribution in [0.2, 0.25) is 0 Å². The number of tetrazole rings is 1. The fraction of sp³-hybridized carbons (Fsp3) is 0.208. The quantitative estimate of drug-likeness (QED) is 0.285. The van der Waals surface area contributed by atoms with Gasteiger partial charge in [-0.15, -0.1) is 5.10 Å². The number of aromatic hydroxyl groups is 1. The highest BCUT2D eigenvalue weighted by atomic mass is 32.2. The van der Waals surface area contributed by atoms with Crippen molar-refractivity contribution in [3.63, 3.8) is 0 Å². The molecule has 1 N–H and O–H groups in total. The van der Waals surface area contributed by atoms with Gasteiger partial charge in [0, 0.05) is 30.3 Å². The molecule has 5 aromatic rings. The number of phenolic OH excluding ortho intramolecular Hbond substituents is 1. The molecular formula is C24H22N6O4S. The largest absolute Gasteiger partial charge is 0.508 e. The maximum atomic E-state index is 13.4. The molecule has 3 aromatic heterocycles. The molecule has 178 valence electrons. The Bertz CT molecular complexity index is 1670. The number of aromatic nitrogens is 6. The van der Waals surface area contributed by atoms with Gasteiger partial charge in [0.1, 0.15) is 11.3 Å². The Hall–Kier alpha value is -4.12. The zero-order chi connectivity index (χ0) is 24.7. The average molecular weight is 491 g/mol. The number of para-hydroxylation sites is 1. The molecule has 0 bridgehead atoms. The van der Waals surface area contributed by atoms with Crippen molar-refractivity contribution >= 4 is 22.7 Å². The topological polar surface area (TPSA) is 121 Å². The molecule has 0 saturated carbocycles. The lowest BCUT2D eigenvalue weighted by molar-refractivity contribution is 0.466. The van der Waals surface area contributed by atoms with Crippen molar-refractivity contribution in [1.82, 2.24) is 29.6 Å². The predicted molar refractivity (Wildman–Crippen MR) is 132 cm³/mol. The lowest BCUT2D eigenvalue weighted by Gasteiger charge is -2.08. The van der Waals surface area contributed by atoms with Gasteiger partial charge in [0.05, 0.1) is 11.4 Å². The third-order valence-corrected chi connectivity index (χ3v) is 6.91. The zero-order valence-corrected chi connectivity index (χ0v) is 20.1. The molecule has 0 atom stereocenters. The summed E-state index contributed by atoms with van der Waals surface area (Å²) < 4.78 is 10.0. The SMILES string of the molecule is CCc1cc2c(CSc3nnnn3-c3c(C)n(C)n(-c4ccccc4)c3=O)cc(=O)oc2cc1O. The Morgan fingerprint density at radius 2 is 1.86 bits per heavy atom. The number of hydrogen-bond donors (Lipinski definition) is 1. The summed E-state index contributed by atoms with van der Waals surface area (Å²) in [6.07, 6.45) is 0.632. The fourth-order valence-electron chi connectivity index (χ4n) is 4.06. The van der Waals surface area contributed by atoms with Gasteiger partial charge in [0.2, 0.25) is 5.16 Å². The van der Waals surface area contributed by atoms with Crippen LogP contribution >= 0.6 is 11.8 Å². The minimum absolute atomic E-state index is 0.0890. The molecule has 10 nitrogen and oxygen atoms in total. The second-order valence-corrected chi connectivity index (χ2v) is 8.94. The van der Waals surface area contributed by atoms with E-state index in [1.807, 2.05) is 50.2 Å². The number of phenols is 1. The summed E-state index contributed by atoms with van der Waals surface area (Å²) in [5.41, 5.74) is 2.79. The van der Waals surface area contributed by atoms with Crippen molar-refractivity contribution in [2.75, 3.05) is 0 Å². The molecule has 35 heavy (non-hydrogen) atoms. The van der Waals surface area contributed by atoms with Gasteiger partial charge in [0.15, 0.2) is 5.69 Å². The fourth-order valence-corrected chi connectivity index (χ4v) is 4.93. The maximum absolute atomic E-state index is 13.4. The third-order valence-electron chi connectivity index (χ3n) is 5.94. The van der Waals surface area contributed by atoms with Crippen LogP contribution in [0.3, 0.4) is 0 Å². The van der Waals surface area contributed by atoms with E-state index in [0.29, 0.717) is 34.3 Å². The highest BCUT2D eigenvalue weighted by Crippen LogP contribution is 2.30. The van der Waals surface area contributed by atoms with E-state index in [1.54, 1.807) is 16.4 Å². The second kappa shape index (κ2) is 8.91. The Morgan fingerprint density at radius 3 is 2.60 bits per heavy atom. The number of benzene rings is 2. The van der Waals surface area contributed by atoms with E-state index in [1.165, 1.54) is 28.6 Å². The highest BCUT2D eigenvalue weighted by Gasteiger charge is 2.22. The predicted octanol–water partition coefficient (Wildman–Crippen LogP) is 3.13. The van der Waals surface area contributed by atoms with Gasteiger partial charge in [0.25, 0.3) is 5.56 Å². The standard InChI is InChI=1S/C24H22N6O4S/c1-4-15-10-18-16(11-21(32)34-20(18)12-19(15)31)13-35-24-25-26-27-29(24)22-14(2)28(3)30(23(22)33)17-8-6-5-7-9-17/h5-12,31H,4,13H2,1-3H3. The molecule has 0 unspecified atom stereocenters. The van der Waals surface area contributed by atoms with E-state index in [0.717, 1.165) is 22.2 Å². The van der Waals surface area contributed by atoms with Crippen molar-refractivity contribution in [3.8, 4) is 17.1 Å². The van der Waals surface area contributed by atoms with Crippen LogP contribution in [0.25, 0.3) is 22.3 Å². The van der Waals surface area contributed by atoms with Gasteiger partial charge in [-0.25, -0.2) is 9.48 Å². The lowest BCUT2D eigenvalue weighted by atomic mass is 10.1. The third kappa shape index (κ3) is 3.93. The number of aryl methyl sites for hydroxylation is 1. The molecule has 0 aliphatic heterocycles. The van der Waals surface area contributed by atoms with Crippen LogP contribution in [0.4, 0.5) is 0 Å². The molecule has 0 saturated heterocycles. The van der Waals surface area contributed by atoms with Crippen LogP contribution in [0, 0.1) is 6.92 Å². The molecule has 0 aliphatic rings. The van der Waals surface area contributed by atoms with Crippen LogP contribution in [-0.4, -0.2) is 34.7 Å². The van der Waals surface area contributed by atoms with Crippen molar-refractivity contribution in [2.24, 2.45) is 7.05 Å². The van der Waals surface area contributed by atoms with Crippen LogP contribution in [0.1, 0.15) is 23.7 Å². The Labute approximate surface area is 203 Å². The van der Waals surface area contributed by atoms with Crippen molar-refractivity contribution in [2.45, 2.75) is 31.2 Å². The minimum atomic E-state index is -0.513. The normalized spacial score (nSPS) is 11.4. The van der Waals surface area contributed by atoms with Crippen molar-refractivity contribution < 1.29 is 9.52 Å². The van der Waals surface area contributed by atoms with Gasteiger partial charge in [-0.1, -0.05) is 36.9 Å². The summed E-state index contributed by atoms with van der Waals surface area (Å²) in [7, 11) is 1.81. The van der Waals surface area contributed by atoms with Crippen LogP contribution in [0.15, 0.2) is 67.7 Å². The van der Waals surface area contributed by atoms with Crippen LogP contribution < -0.4 is 11.2 Å². The van der Waals surface area contributed by atoms with E-state index < -0.39 is 5.63 Å². The summed E-state index contributed by atoms with van der Waals surface area (Å²) in [6, 6.07) is 14.1. The first-order valence-corrected chi connectivity index (χ1v) is 11.9. The van der Waals surface area contributed by atoms with Gasteiger partial charge in [-0.3, -0.25) is 9.48 Å². The monoisotopic (exact) mass is 490 g/mol.